The maximum absolute atomic E-state index is 6.51. The Morgan fingerprint density at radius 3 is 3.16 bits per heavy atom. The number of nitrogens with zero attached hydrogens (tertiary/aromatic N) is 1. The van der Waals surface area contributed by atoms with Gasteiger partial charge in [-0.2, -0.15) is 0 Å². The van der Waals surface area contributed by atoms with Crippen molar-refractivity contribution >= 4 is 15.9 Å². The van der Waals surface area contributed by atoms with E-state index in [0.717, 1.165) is 35.2 Å². The molecule has 2 fully saturated rings. The lowest BCUT2D eigenvalue weighted by molar-refractivity contribution is -0.0440. The van der Waals surface area contributed by atoms with Gasteiger partial charge >= 0.3 is 0 Å². The number of rotatable bonds is 0. The number of nitrogens with two attached hydrogens (primary N) is 1. The summed E-state index contributed by atoms with van der Waals surface area (Å²) in [6, 6.07) is 6.35. The van der Waals surface area contributed by atoms with E-state index in [-0.39, 0.29) is 11.6 Å². The predicted molar refractivity (Wildman–Crippen MR) is 78.2 cm³/mol. The fraction of sp³-hybridized carbons (Fsp3) is 0.600. The molecule has 4 heteroatoms. The van der Waals surface area contributed by atoms with Crippen LogP contribution in [-0.4, -0.2) is 30.1 Å². The molecule has 0 saturated carbocycles. The molecule has 2 saturated heterocycles. The lowest BCUT2D eigenvalue weighted by Gasteiger charge is -2.47. The van der Waals surface area contributed by atoms with Crippen molar-refractivity contribution < 1.29 is 4.74 Å². The van der Waals surface area contributed by atoms with E-state index in [4.69, 9.17) is 10.5 Å². The van der Waals surface area contributed by atoms with E-state index in [2.05, 4.69) is 39.0 Å². The average Bonchev–Trinajstić information content (AvgIpc) is 2.79. The van der Waals surface area contributed by atoms with Gasteiger partial charge in [0.25, 0.3) is 0 Å². The third-order valence-corrected chi connectivity index (χ3v) is 5.61. The molecule has 3 heterocycles. The zero-order valence-electron chi connectivity index (χ0n) is 10.9. The molecule has 0 aliphatic carbocycles. The normalized spacial score (nSPS) is 40.0. The number of fused-ring (bicyclic) bond motifs is 4. The van der Waals surface area contributed by atoms with Crippen LogP contribution in [0.15, 0.2) is 22.7 Å². The fourth-order valence-corrected chi connectivity index (χ4v) is 4.41. The highest BCUT2D eigenvalue weighted by atomic mass is 79.9. The van der Waals surface area contributed by atoms with Crippen molar-refractivity contribution in [3.63, 3.8) is 0 Å². The smallest absolute Gasteiger partial charge is 0.126 e. The van der Waals surface area contributed by atoms with E-state index in [1.54, 1.807) is 0 Å². The summed E-state index contributed by atoms with van der Waals surface area (Å²) in [4.78, 5) is 2.56. The van der Waals surface area contributed by atoms with Gasteiger partial charge in [0.05, 0.1) is 0 Å². The SMILES string of the molecule is N[C@@H]1CC2(CCN3CCC2C3)Oc2cc(Br)ccc21. The summed E-state index contributed by atoms with van der Waals surface area (Å²) in [5.74, 6) is 1.65. The minimum absolute atomic E-state index is 0.0137. The Morgan fingerprint density at radius 2 is 2.26 bits per heavy atom. The van der Waals surface area contributed by atoms with Crippen LogP contribution >= 0.6 is 15.9 Å². The standard InChI is InChI=1S/C15H19BrN2O/c16-11-1-2-12-13(17)8-15(19-14(12)7-11)4-6-18-5-3-10(15)9-18/h1-2,7,10,13H,3-6,8-9,17H2/t10?,13-,15?/m1/s1. The summed E-state index contributed by atoms with van der Waals surface area (Å²) in [5, 5.41) is 0. The number of halogens is 1. The highest BCUT2D eigenvalue weighted by Gasteiger charge is 2.51. The van der Waals surface area contributed by atoms with Crippen molar-refractivity contribution in [1.82, 2.24) is 4.90 Å². The Kier molecular flexibility index (Phi) is 2.70. The summed E-state index contributed by atoms with van der Waals surface area (Å²) in [5.41, 5.74) is 7.57. The molecule has 102 valence electrons. The van der Waals surface area contributed by atoms with Crippen LogP contribution in [0.25, 0.3) is 0 Å². The predicted octanol–water partition coefficient (Wildman–Crippen LogP) is 2.70. The first kappa shape index (κ1) is 12.2. The van der Waals surface area contributed by atoms with Gasteiger partial charge in [0.15, 0.2) is 0 Å². The molecule has 0 radical (unpaired) electrons. The van der Waals surface area contributed by atoms with E-state index < -0.39 is 0 Å². The Bertz CT molecular complexity index is 521. The van der Waals surface area contributed by atoms with E-state index >= 15 is 0 Å². The van der Waals surface area contributed by atoms with E-state index in [1.165, 1.54) is 19.5 Å². The molecule has 3 unspecified atom stereocenters. The van der Waals surface area contributed by atoms with Gasteiger partial charge in [0.2, 0.25) is 0 Å². The summed E-state index contributed by atoms with van der Waals surface area (Å²) >= 11 is 3.53. The monoisotopic (exact) mass is 322 g/mol. The van der Waals surface area contributed by atoms with Crippen molar-refractivity contribution in [3.05, 3.63) is 28.2 Å². The molecule has 1 aromatic carbocycles. The highest BCUT2D eigenvalue weighted by Crippen LogP contribution is 2.48. The van der Waals surface area contributed by atoms with E-state index in [1.807, 2.05) is 0 Å². The molecule has 1 spiro atoms. The molecule has 19 heavy (non-hydrogen) atoms. The lowest BCUT2D eigenvalue weighted by atomic mass is 9.75. The van der Waals surface area contributed by atoms with Crippen molar-refractivity contribution in [2.24, 2.45) is 11.7 Å². The highest BCUT2D eigenvalue weighted by molar-refractivity contribution is 9.10. The topological polar surface area (TPSA) is 38.5 Å². The molecule has 4 rings (SSSR count). The van der Waals surface area contributed by atoms with Gasteiger partial charge in [-0.25, -0.2) is 0 Å². The Morgan fingerprint density at radius 1 is 1.37 bits per heavy atom. The summed E-state index contributed by atoms with van der Waals surface area (Å²) in [7, 11) is 0. The van der Waals surface area contributed by atoms with E-state index in [9.17, 15) is 0 Å². The van der Waals surface area contributed by atoms with Gasteiger partial charge in [-0.05, 0) is 25.1 Å². The first-order valence-corrected chi connectivity index (χ1v) is 7.92. The second kappa shape index (κ2) is 4.21. The second-order valence-corrected chi connectivity index (χ2v) is 7.11. The third kappa shape index (κ3) is 1.84. The number of benzene rings is 1. The minimum atomic E-state index is -0.0137. The summed E-state index contributed by atoms with van der Waals surface area (Å²) in [6.07, 6.45) is 3.35. The largest absolute Gasteiger partial charge is 0.486 e. The van der Waals surface area contributed by atoms with Crippen LogP contribution < -0.4 is 10.5 Å². The maximum atomic E-state index is 6.51. The zero-order valence-corrected chi connectivity index (χ0v) is 12.5. The lowest BCUT2D eigenvalue weighted by Crippen LogP contribution is -2.53. The molecular formula is C15H19BrN2O. The second-order valence-electron chi connectivity index (χ2n) is 6.20. The molecule has 2 bridgehead atoms. The van der Waals surface area contributed by atoms with Gasteiger partial charge in [0, 0.05) is 47.9 Å². The van der Waals surface area contributed by atoms with Crippen molar-refractivity contribution in [2.45, 2.75) is 30.9 Å². The van der Waals surface area contributed by atoms with Crippen LogP contribution in [0.1, 0.15) is 30.9 Å². The summed E-state index contributed by atoms with van der Waals surface area (Å²) in [6.45, 7) is 3.58. The molecule has 3 aliphatic rings. The zero-order chi connectivity index (χ0) is 13.0. The molecule has 2 N–H and O–H groups in total. The molecule has 3 aliphatic heterocycles. The van der Waals surface area contributed by atoms with Gasteiger partial charge < -0.3 is 15.4 Å². The fourth-order valence-electron chi connectivity index (χ4n) is 4.07. The van der Waals surface area contributed by atoms with Gasteiger partial charge in [0.1, 0.15) is 11.4 Å². The van der Waals surface area contributed by atoms with Crippen LogP contribution in [0, 0.1) is 5.92 Å². The Labute approximate surface area is 122 Å². The minimum Gasteiger partial charge on any atom is -0.486 e. The number of ether oxygens (including phenoxy) is 1. The molecule has 1 aromatic rings. The molecule has 4 atom stereocenters. The number of hydrogen-bond acceptors (Lipinski definition) is 3. The first-order valence-electron chi connectivity index (χ1n) is 7.13. The van der Waals surface area contributed by atoms with Gasteiger partial charge in [-0.3, -0.25) is 0 Å². The third-order valence-electron chi connectivity index (χ3n) is 5.12. The van der Waals surface area contributed by atoms with Crippen LogP contribution in [0.5, 0.6) is 5.75 Å². The van der Waals surface area contributed by atoms with Crippen molar-refractivity contribution in [1.29, 1.82) is 0 Å². The van der Waals surface area contributed by atoms with Crippen LogP contribution in [-0.2, 0) is 0 Å². The van der Waals surface area contributed by atoms with Crippen molar-refractivity contribution in [2.75, 3.05) is 19.6 Å². The van der Waals surface area contributed by atoms with Gasteiger partial charge in [-0.1, -0.05) is 22.0 Å². The van der Waals surface area contributed by atoms with Crippen LogP contribution in [0.2, 0.25) is 0 Å². The Balaban J connectivity index is 1.73. The number of piperidine rings is 1. The molecular weight excluding hydrogens is 304 g/mol. The maximum Gasteiger partial charge on any atom is 0.126 e. The van der Waals surface area contributed by atoms with E-state index in [0.29, 0.717) is 5.92 Å². The quantitative estimate of drug-likeness (QED) is 0.798. The van der Waals surface area contributed by atoms with Crippen LogP contribution in [0.3, 0.4) is 0 Å². The van der Waals surface area contributed by atoms with Crippen LogP contribution in [0.4, 0.5) is 0 Å². The Hall–Kier alpha value is -0.580. The van der Waals surface area contributed by atoms with Gasteiger partial charge in [-0.15, -0.1) is 0 Å². The average molecular weight is 323 g/mol. The van der Waals surface area contributed by atoms with Crippen molar-refractivity contribution in [3.8, 4) is 5.75 Å². The summed E-state index contributed by atoms with van der Waals surface area (Å²) < 4.78 is 7.57. The number of hydrogen-bond donors (Lipinski definition) is 1. The molecule has 3 nitrogen and oxygen atoms in total. The first-order chi connectivity index (χ1) is 9.16. The molecule has 0 amide bonds. The molecule has 0 aromatic heterocycles.